The van der Waals surface area contributed by atoms with Crippen LogP contribution in [0.4, 0.5) is 24.5 Å². The standard InChI is InChI=1S/C11H10F3N3O5/c1-4(10(19)20)16-9(18)6-2-5(11(12,13)14)3-7(8(6)15)17(21)22/h2-4H,15H2,1H3,(H,16,18)(H,19,20). The van der Waals surface area contributed by atoms with Gasteiger partial charge in [0.05, 0.1) is 16.1 Å². The molecule has 0 aliphatic rings. The highest BCUT2D eigenvalue weighted by molar-refractivity contribution is 6.02. The van der Waals surface area contributed by atoms with E-state index >= 15 is 0 Å². The summed E-state index contributed by atoms with van der Waals surface area (Å²) >= 11 is 0. The Labute approximate surface area is 120 Å². The van der Waals surface area contributed by atoms with Gasteiger partial charge in [0.2, 0.25) is 0 Å². The summed E-state index contributed by atoms with van der Waals surface area (Å²) in [4.78, 5) is 32.0. The highest BCUT2D eigenvalue weighted by Gasteiger charge is 2.35. The van der Waals surface area contributed by atoms with Crippen LogP contribution in [0.2, 0.25) is 0 Å². The zero-order valence-corrected chi connectivity index (χ0v) is 11.0. The molecule has 0 bridgehead atoms. The Morgan fingerprint density at radius 1 is 1.41 bits per heavy atom. The molecule has 4 N–H and O–H groups in total. The molecular weight excluding hydrogens is 311 g/mol. The Kier molecular flexibility index (Phi) is 4.59. The average molecular weight is 321 g/mol. The van der Waals surface area contributed by atoms with Crippen molar-refractivity contribution < 1.29 is 32.8 Å². The van der Waals surface area contributed by atoms with Crippen molar-refractivity contribution in [3.63, 3.8) is 0 Å². The first kappa shape index (κ1) is 17.2. The van der Waals surface area contributed by atoms with Crippen molar-refractivity contribution in [2.24, 2.45) is 0 Å². The number of carbonyl (C=O) groups excluding carboxylic acids is 1. The summed E-state index contributed by atoms with van der Waals surface area (Å²) in [5.74, 6) is -2.70. The number of hydrogen-bond acceptors (Lipinski definition) is 5. The maximum atomic E-state index is 12.7. The van der Waals surface area contributed by atoms with E-state index in [0.717, 1.165) is 6.92 Å². The fraction of sp³-hybridized carbons (Fsp3) is 0.273. The summed E-state index contributed by atoms with van der Waals surface area (Å²) in [5, 5.41) is 21.3. The van der Waals surface area contributed by atoms with E-state index in [9.17, 15) is 32.9 Å². The Morgan fingerprint density at radius 3 is 2.36 bits per heavy atom. The molecule has 0 heterocycles. The zero-order valence-electron chi connectivity index (χ0n) is 11.0. The van der Waals surface area contributed by atoms with Crippen LogP contribution in [0.1, 0.15) is 22.8 Å². The van der Waals surface area contributed by atoms with E-state index in [2.05, 4.69) is 0 Å². The van der Waals surface area contributed by atoms with Gasteiger partial charge in [0, 0.05) is 6.07 Å². The number of carbonyl (C=O) groups is 2. The molecule has 1 unspecified atom stereocenters. The third-order valence-electron chi connectivity index (χ3n) is 2.64. The van der Waals surface area contributed by atoms with Gasteiger partial charge in [-0.15, -0.1) is 0 Å². The number of alkyl halides is 3. The van der Waals surface area contributed by atoms with Gasteiger partial charge in [-0.3, -0.25) is 19.7 Å². The van der Waals surface area contributed by atoms with E-state index in [0.29, 0.717) is 6.07 Å². The minimum atomic E-state index is -4.94. The van der Waals surface area contributed by atoms with E-state index < -0.39 is 51.5 Å². The second-order valence-corrected chi connectivity index (χ2v) is 4.24. The van der Waals surface area contributed by atoms with Gasteiger partial charge in [-0.25, -0.2) is 0 Å². The van der Waals surface area contributed by atoms with Gasteiger partial charge in [-0.2, -0.15) is 13.2 Å². The number of nitrogens with one attached hydrogen (secondary N) is 1. The number of carboxylic acid groups (broad SMARTS) is 1. The molecular formula is C11H10F3N3O5. The van der Waals surface area contributed by atoms with Gasteiger partial charge >= 0.3 is 12.1 Å². The molecule has 120 valence electrons. The van der Waals surface area contributed by atoms with Gasteiger partial charge in [0.1, 0.15) is 11.7 Å². The number of benzene rings is 1. The summed E-state index contributed by atoms with van der Waals surface area (Å²) in [6.07, 6.45) is -4.94. The number of halogens is 3. The second-order valence-electron chi connectivity index (χ2n) is 4.24. The van der Waals surface area contributed by atoms with Crippen LogP contribution in [0, 0.1) is 10.1 Å². The second kappa shape index (κ2) is 5.87. The fourth-order valence-electron chi connectivity index (χ4n) is 1.48. The van der Waals surface area contributed by atoms with Crippen molar-refractivity contribution >= 4 is 23.3 Å². The minimum Gasteiger partial charge on any atom is -0.480 e. The van der Waals surface area contributed by atoms with Crippen molar-refractivity contribution in [3.8, 4) is 0 Å². The van der Waals surface area contributed by atoms with E-state index in [4.69, 9.17) is 10.8 Å². The lowest BCUT2D eigenvalue weighted by atomic mass is 10.1. The summed E-state index contributed by atoms with van der Waals surface area (Å²) in [6, 6.07) is -0.889. The molecule has 1 amide bonds. The molecule has 0 saturated carbocycles. The highest BCUT2D eigenvalue weighted by atomic mass is 19.4. The largest absolute Gasteiger partial charge is 0.480 e. The number of rotatable bonds is 4. The number of carboxylic acids is 1. The topological polar surface area (TPSA) is 136 Å². The van der Waals surface area contributed by atoms with Crippen molar-refractivity contribution in [1.29, 1.82) is 0 Å². The molecule has 0 fully saturated rings. The van der Waals surface area contributed by atoms with Gasteiger partial charge in [0.15, 0.2) is 0 Å². The number of nitrogen functional groups attached to an aromatic ring is 1. The molecule has 11 heteroatoms. The number of nitrogens with two attached hydrogens (primary N) is 1. The highest BCUT2D eigenvalue weighted by Crippen LogP contribution is 2.36. The Balaban J connectivity index is 3.40. The molecule has 1 rings (SSSR count). The molecule has 8 nitrogen and oxygen atoms in total. The first-order valence-electron chi connectivity index (χ1n) is 5.64. The molecule has 0 saturated heterocycles. The Hall–Kier alpha value is -2.85. The number of anilines is 1. The number of nitro groups is 1. The van der Waals surface area contributed by atoms with Gasteiger partial charge < -0.3 is 16.2 Å². The third kappa shape index (κ3) is 3.62. The predicted molar refractivity (Wildman–Crippen MR) is 67.1 cm³/mol. The molecule has 0 aromatic heterocycles. The van der Waals surface area contributed by atoms with Crippen LogP contribution in [-0.4, -0.2) is 27.9 Å². The SMILES string of the molecule is CC(NC(=O)c1cc(C(F)(F)F)cc([N+](=O)[O-])c1N)C(=O)O. The Morgan fingerprint density at radius 2 is 1.95 bits per heavy atom. The maximum absolute atomic E-state index is 12.7. The van der Waals surface area contributed by atoms with E-state index in [1.54, 1.807) is 0 Å². The molecule has 0 radical (unpaired) electrons. The average Bonchev–Trinajstić information content (AvgIpc) is 2.36. The van der Waals surface area contributed by atoms with Crippen LogP contribution in [0.3, 0.4) is 0 Å². The van der Waals surface area contributed by atoms with Crippen LogP contribution in [0.25, 0.3) is 0 Å². The normalized spacial score (nSPS) is 12.5. The number of nitrogens with zero attached hydrogens (tertiary/aromatic N) is 1. The van der Waals surface area contributed by atoms with Gasteiger partial charge in [0.25, 0.3) is 11.6 Å². The number of nitro benzene ring substituents is 1. The van der Waals surface area contributed by atoms with Crippen molar-refractivity contribution in [2.75, 3.05) is 5.73 Å². The molecule has 0 aliphatic carbocycles. The molecule has 0 aliphatic heterocycles. The zero-order chi connectivity index (χ0) is 17.2. The van der Waals surface area contributed by atoms with Gasteiger partial charge in [-0.05, 0) is 13.0 Å². The number of amides is 1. The van der Waals surface area contributed by atoms with Crippen LogP contribution in [0.5, 0.6) is 0 Å². The summed E-state index contributed by atoms with van der Waals surface area (Å²) in [7, 11) is 0. The van der Waals surface area contributed by atoms with E-state index in [1.165, 1.54) is 0 Å². The minimum absolute atomic E-state index is 0.201. The van der Waals surface area contributed by atoms with Crippen LogP contribution < -0.4 is 11.1 Å². The number of hydrogen-bond donors (Lipinski definition) is 3. The number of aliphatic carboxylic acids is 1. The van der Waals surface area contributed by atoms with Crippen molar-refractivity contribution in [3.05, 3.63) is 33.4 Å². The fourth-order valence-corrected chi connectivity index (χ4v) is 1.48. The van der Waals surface area contributed by atoms with Gasteiger partial charge in [-0.1, -0.05) is 0 Å². The molecule has 1 aromatic rings. The summed E-state index contributed by atoms with van der Waals surface area (Å²) in [6.45, 7) is 1.07. The summed E-state index contributed by atoms with van der Waals surface area (Å²) in [5.41, 5.74) is 1.19. The third-order valence-corrected chi connectivity index (χ3v) is 2.64. The quantitative estimate of drug-likeness (QED) is 0.435. The van der Waals surface area contributed by atoms with E-state index in [1.807, 2.05) is 5.32 Å². The molecule has 0 spiro atoms. The Bertz CT molecular complexity index is 645. The lowest BCUT2D eigenvalue weighted by Gasteiger charge is -2.13. The summed E-state index contributed by atoms with van der Waals surface area (Å²) < 4.78 is 38.1. The predicted octanol–water partition coefficient (Wildman–Crippen LogP) is 1.40. The van der Waals surface area contributed by atoms with Crippen LogP contribution in [0.15, 0.2) is 12.1 Å². The van der Waals surface area contributed by atoms with E-state index in [-0.39, 0.29) is 6.07 Å². The van der Waals surface area contributed by atoms with Crippen molar-refractivity contribution in [1.82, 2.24) is 5.32 Å². The first-order valence-corrected chi connectivity index (χ1v) is 5.64. The van der Waals surface area contributed by atoms with Crippen LogP contribution in [-0.2, 0) is 11.0 Å². The molecule has 1 aromatic carbocycles. The lowest BCUT2D eigenvalue weighted by molar-refractivity contribution is -0.384. The van der Waals surface area contributed by atoms with Crippen LogP contribution >= 0.6 is 0 Å². The molecule has 1 atom stereocenters. The van der Waals surface area contributed by atoms with Crippen molar-refractivity contribution in [2.45, 2.75) is 19.1 Å². The lowest BCUT2D eigenvalue weighted by Crippen LogP contribution is -2.38. The molecule has 22 heavy (non-hydrogen) atoms. The monoisotopic (exact) mass is 321 g/mol. The first-order chi connectivity index (χ1) is 9.95. The smallest absolute Gasteiger partial charge is 0.416 e. The maximum Gasteiger partial charge on any atom is 0.416 e.